The first-order valence-corrected chi connectivity index (χ1v) is 45.7. The van der Waals surface area contributed by atoms with Crippen molar-refractivity contribution < 1.29 is 0 Å². The number of aromatic nitrogens is 5. The van der Waals surface area contributed by atoms with Crippen LogP contribution in [0.5, 0.6) is 0 Å². The van der Waals surface area contributed by atoms with Gasteiger partial charge < -0.3 is 27.1 Å². The van der Waals surface area contributed by atoms with Gasteiger partial charge in [-0.3, -0.25) is 0 Å². The highest BCUT2D eigenvalue weighted by atomic mass is 15.2. The molecule has 6 nitrogen and oxygen atoms in total. The van der Waals surface area contributed by atoms with E-state index in [0.29, 0.717) is 0 Å². The van der Waals surface area contributed by atoms with Crippen LogP contribution >= 0.6 is 0 Å². The zero-order chi connectivity index (χ0) is 85.5. The zero-order valence-electron chi connectivity index (χ0n) is 73.6. The highest BCUT2D eigenvalue weighted by molar-refractivity contribution is 6.39. The Balaban J connectivity index is 0.663. The van der Waals surface area contributed by atoms with E-state index in [9.17, 15) is 0 Å². The van der Waals surface area contributed by atoms with Crippen LogP contribution in [0, 0.1) is 0 Å². The summed E-state index contributed by atoms with van der Waals surface area (Å²) in [7, 11) is 0. The van der Waals surface area contributed by atoms with E-state index in [1.165, 1.54) is 256 Å². The van der Waals surface area contributed by atoms with Crippen LogP contribution in [0.3, 0.4) is 0 Å². The summed E-state index contributed by atoms with van der Waals surface area (Å²) in [5.74, 6) is 0. The van der Waals surface area contributed by atoms with Gasteiger partial charge in [0.15, 0.2) is 0 Å². The average molecular weight is 1640 g/mol. The summed E-state index contributed by atoms with van der Waals surface area (Å²) in [6.45, 7) is 26.5. The van der Waals surface area contributed by atoms with Crippen LogP contribution < -0.4 is 4.90 Å². The smallest absolute Gasteiger partial charge is 0.0783 e. The molecule has 28 rings (SSSR count). The van der Waals surface area contributed by atoms with Gasteiger partial charge in [0.05, 0.1) is 82.9 Å². The number of fused-ring (bicyclic) bond motifs is 35. The zero-order valence-corrected chi connectivity index (χ0v) is 73.6. The Hall–Kier alpha value is -15.0. The Bertz CT molecular complexity index is 9740. The lowest BCUT2D eigenvalue weighted by atomic mass is 9.78. The third-order valence-corrected chi connectivity index (χ3v) is 30.0. The molecule has 0 N–H and O–H groups in total. The van der Waals surface area contributed by atoms with Gasteiger partial charge in [-0.25, -0.2) is 0 Å². The largest absolute Gasteiger partial charge is 0.309 e. The van der Waals surface area contributed by atoms with Gasteiger partial charge in [-0.2, -0.15) is 0 Å². The molecule has 9 heterocycles. The maximum atomic E-state index is 2.71. The van der Waals surface area contributed by atoms with Crippen molar-refractivity contribution in [3.63, 3.8) is 0 Å². The second kappa shape index (κ2) is 24.8. The van der Waals surface area contributed by atoms with Gasteiger partial charge in [0, 0.05) is 130 Å². The Morgan fingerprint density at radius 1 is 0.227 bits per heavy atom. The van der Waals surface area contributed by atoms with Crippen LogP contribution in [0.2, 0.25) is 0 Å². The molecule has 0 aliphatic rings. The summed E-state index contributed by atoms with van der Waals surface area (Å²) in [6.07, 6.45) is 0.800. The van der Waals surface area contributed by atoms with Crippen LogP contribution in [0.4, 0.5) is 17.1 Å². The van der Waals surface area contributed by atoms with Crippen LogP contribution in [-0.2, 0) is 28.1 Å². The molecule has 0 saturated carbocycles. The van der Waals surface area contributed by atoms with Gasteiger partial charge in [-0.1, -0.05) is 270 Å². The van der Waals surface area contributed by atoms with Crippen LogP contribution in [-0.4, -0.2) is 22.2 Å². The van der Waals surface area contributed by atoms with Gasteiger partial charge >= 0.3 is 0 Å². The second-order valence-corrected chi connectivity index (χ2v) is 40.9. The van der Waals surface area contributed by atoms with Crippen molar-refractivity contribution in [2.75, 3.05) is 4.90 Å². The first kappa shape index (κ1) is 72.3. The number of anilines is 3. The molecule has 128 heavy (non-hydrogen) atoms. The molecule has 9 aromatic heterocycles. The highest BCUT2D eigenvalue weighted by Crippen LogP contribution is 2.56. The summed E-state index contributed by atoms with van der Waals surface area (Å²) < 4.78 is 13.1. The minimum absolute atomic E-state index is 0.138. The van der Waals surface area contributed by atoms with E-state index in [0.717, 1.165) is 29.2 Å². The van der Waals surface area contributed by atoms with Crippen LogP contribution in [0.15, 0.2) is 334 Å². The van der Waals surface area contributed by atoms with Crippen molar-refractivity contribution in [2.24, 2.45) is 0 Å². The predicted octanol–water partition coefficient (Wildman–Crippen LogP) is 33.5. The SMILES string of the molecule is CC(C)(C)c1cc(-c2ccc3c(c2)c2ccccc2n3-c2ccccc2)c2c(c1)c1cc(C(C)(C)Cc3ccc(N(c4ccccc4)c4cc(C(C)(C)C)cc5c6cc(C(C)(C)C)cc7c8cc9c(cc8n(c45)c76)c4c5ccccc5cc5c6ccc7ccccc7c6n9c54)cc3)cc3c4cc5c(cc4n2c31)c1c2ccccc2cc2c3ccc4ccccc4c3n5c21. The van der Waals surface area contributed by atoms with E-state index in [4.69, 9.17) is 0 Å². The van der Waals surface area contributed by atoms with E-state index in [1.807, 2.05) is 0 Å². The molecule has 19 aromatic carbocycles. The molecule has 0 bridgehead atoms. The molecule has 28 aromatic rings. The molecule has 608 valence electrons. The molecule has 0 fully saturated rings. The lowest BCUT2D eigenvalue weighted by Crippen LogP contribution is -2.20. The van der Waals surface area contributed by atoms with Gasteiger partial charge in [-0.15, -0.1) is 0 Å². The third kappa shape index (κ3) is 9.61. The molecule has 0 spiro atoms. The number of benzene rings is 19. The number of rotatable bonds is 8. The van der Waals surface area contributed by atoms with Crippen molar-refractivity contribution in [3.8, 4) is 16.8 Å². The fourth-order valence-electron chi connectivity index (χ4n) is 23.8. The van der Waals surface area contributed by atoms with Gasteiger partial charge in [0.2, 0.25) is 0 Å². The van der Waals surface area contributed by atoms with Crippen LogP contribution in [0.25, 0.3) is 234 Å². The summed E-state index contributed by atoms with van der Waals surface area (Å²) in [5.41, 5.74) is 30.0. The minimum atomic E-state index is -0.361. The summed E-state index contributed by atoms with van der Waals surface area (Å²) in [5, 5.41) is 33.1. The molecule has 6 heteroatoms. The van der Waals surface area contributed by atoms with Gasteiger partial charge in [0.1, 0.15) is 0 Å². The summed E-state index contributed by atoms with van der Waals surface area (Å²) in [6, 6.07) is 129. The average Bonchev–Trinajstić information content (AvgIpc) is 1.51. The molecule has 0 aliphatic heterocycles. The predicted molar refractivity (Wildman–Crippen MR) is 549 cm³/mol. The monoisotopic (exact) mass is 1640 g/mol. The van der Waals surface area contributed by atoms with E-state index in [2.05, 4.69) is 437 Å². The molecule has 0 unspecified atom stereocenters. The quantitative estimate of drug-likeness (QED) is 0.149. The number of hydrogen-bond acceptors (Lipinski definition) is 1. The van der Waals surface area contributed by atoms with E-state index in [-0.39, 0.29) is 21.7 Å². The molecule has 0 saturated heterocycles. The number of nitrogens with zero attached hydrogens (tertiary/aromatic N) is 6. The van der Waals surface area contributed by atoms with Crippen LogP contribution in [0.1, 0.15) is 104 Å². The third-order valence-electron chi connectivity index (χ3n) is 30.0. The molecule has 0 radical (unpaired) electrons. The molecule has 0 aliphatic carbocycles. The highest BCUT2D eigenvalue weighted by Gasteiger charge is 2.35. The Morgan fingerprint density at radius 3 is 1.16 bits per heavy atom. The minimum Gasteiger partial charge on any atom is -0.309 e. The van der Waals surface area contributed by atoms with Crippen molar-refractivity contribution in [3.05, 3.63) is 361 Å². The van der Waals surface area contributed by atoms with Crippen molar-refractivity contribution in [2.45, 2.75) is 104 Å². The first-order valence-electron chi connectivity index (χ1n) is 45.7. The topological polar surface area (TPSA) is 25.8 Å². The van der Waals surface area contributed by atoms with Gasteiger partial charge in [-0.05, 0) is 233 Å². The molecule has 0 amide bonds. The Kier molecular flexibility index (Phi) is 14.0. The molecule has 0 atom stereocenters. The summed E-state index contributed by atoms with van der Waals surface area (Å²) in [4.78, 5) is 2.58. The van der Waals surface area contributed by atoms with Gasteiger partial charge in [0.25, 0.3) is 0 Å². The molecular weight excluding hydrogens is 1550 g/mol. The maximum Gasteiger partial charge on any atom is 0.0783 e. The lowest BCUT2D eigenvalue weighted by molar-refractivity contribution is 0.523. The Morgan fingerprint density at radius 2 is 0.609 bits per heavy atom. The number of para-hydroxylation sites is 3. The second-order valence-electron chi connectivity index (χ2n) is 40.9. The maximum absolute atomic E-state index is 2.71. The Labute approximate surface area is 738 Å². The number of hydrogen-bond donors (Lipinski definition) is 0. The fourth-order valence-corrected chi connectivity index (χ4v) is 23.8. The standard InChI is InChI=1S/C122H90N6/c1-119(2,3)74-55-88(73-46-51-103-89(52-73)85-40-26-27-41-102(85)124(103)79-34-16-13-17-35-79)113-96(57-74)98-61-77(60-95-91-64-107-100(65-104(91)125(113)114(95)98)109-81-36-22-20-30-71(81)53-92-86-49-44-70-29-19-25-39-84(70)112(86)128(107)117(92)109)122(10,11)67-68-42-47-80(48-43-68)123(78-32-14-12-15-33-78)108-62-76(121(7,8)9)59-99-97-58-75(120(4,5)6)56-94-90-63-106-101(66-105(90)126(115(94)97)116(99)108)110-82-37-23-21-31-72(82)54-93-87-50-45-69-28-18-24-38-83(69)111(87)127(106)118(93)110/h12-66H,67H2,1-11H3. The molecular formula is C122H90N6. The van der Waals surface area contributed by atoms with E-state index < -0.39 is 0 Å². The summed E-state index contributed by atoms with van der Waals surface area (Å²) >= 11 is 0. The van der Waals surface area contributed by atoms with Crippen molar-refractivity contribution in [1.29, 1.82) is 0 Å². The van der Waals surface area contributed by atoms with E-state index >= 15 is 0 Å². The normalized spacial score (nSPS) is 13.3. The van der Waals surface area contributed by atoms with Crippen molar-refractivity contribution in [1.82, 2.24) is 22.2 Å². The fraction of sp³-hybridized carbons (Fsp3) is 0.131. The van der Waals surface area contributed by atoms with Crippen molar-refractivity contribution >= 4 is 234 Å². The van der Waals surface area contributed by atoms with E-state index in [1.54, 1.807) is 0 Å². The lowest BCUT2D eigenvalue weighted by Gasteiger charge is -2.30. The first-order chi connectivity index (χ1) is 62.1.